The molecule has 4 rings (SSSR count). The third kappa shape index (κ3) is 4.00. The minimum atomic E-state index is -0.0741. The molecule has 1 atom stereocenters. The number of likely N-dealkylation sites (tertiary alicyclic amines) is 1. The van der Waals surface area contributed by atoms with Crippen molar-refractivity contribution < 1.29 is 9.59 Å². The summed E-state index contributed by atoms with van der Waals surface area (Å²) >= 11 is 1.64. The molecule has 7 heteroatoms. The Kier molecular flexibility index (Phi) is 5.58. The van der Waals surface area contributed by atoms with Gasteiger partial charge < -0.3 is 9.80 Å². The molecular formula is C22H24N4O2S. The minimum absolute atomic E-state index is 0.0137. The topological polar surface area (TPSA) is 66.4 Å². The molecule has 0 radical (unpaired) electrons. The van der Waals surface area contributed by atoms with E-state index < -0.39 is 0 Å². The van der Waals surface area contributed by atoms with Crippen LogP contribution in [0.3, 0.4) is 0 Å². The molecule has 29 heavy (non-hydrogen) atoms. The molecule has 0 aliphatic carbocycles. The van der Waals surface area contributed by atoms with Crippen molar-refractivity contribution in [2.24, 2.45) is 5.92 Å². The largest absolute Gasteiger partial charge is 0.339 e. The van der Waals surface area contributed by atoms with Gasteiger partial charge in [-0.05, 0) is 44.0 Å². The van der Waals surface area contributed by atoms with Gasteiger partial charge in [0.2, 0.25) is 5.91 Å². The van der Waals surface area contributed by atoms with Gasteiger partial charge in [0.25, 0.3) is 5.91 Å². The summed E-state index contributed by atoms with van der Waals surface area (Å²) in [5.41, 5.74) is 1.57. The Bertz CT molecular complexity index is 979. The van der Waals surface area contributed by atoms with Crippen LogP contribution in [-0.2, 0) is 4.79 Å². The minimum Gasteiger partial charge on any atom is -0.339 e. The highest BCUT2D eigenvalue weighted by molar-refractivity contribution is 7.18. The van der Waals surface area contributed by atoms with Crippen LogP contribution in [0.15, 0.2) is 48.8 Å². The Labute approximate surface area is 174 Å². The van der Waals surface area contributed by atoms with Crippen LogP contribution in [0.1, 0.15) is 41.2 Å². The second-order valence-corrected chi connectivity index (χ2v) is 8.52. The van der Waals surface area contributed by atoms with Gasteiger partial charge in [-0.3, -0.25) is 14.6 Å². The molecule has 3 heterocycles. The molecule has 150 valence electrons. The first kappa shape index (κ1) is 19.5. The fourth-order valence-corrected chi connectivity index (χ4v) is 4.78. The molecule has 1 saturated heterocycles. The number of carbonyl (C=O) groups excluding carboxylic acids is 2. The van der Waals surface area contributed by atoms with Crippen molar-refractivity contribution in [3.05, 3.63) is 59.4 Å². The number of nitrogens with zero attached hydrogens (tertiary/aromatic N) is 4. The monoisotopic (exact) mass is 408 g/mol. The molecule has 0 spiro atoms. The average Bonchev–Trinajstić information content (AvgIpc) is 3.22. The Morgan fingerprint density at radius 2 is 1.93 bits per heavy atom. The third-order valence-electron chi connectivity index (χ3n) is 5.64. The lowest BCUT2D eigenvalue weighted by Crippen LogP contribution is -2.44. The van der Waals surface area contributed by atoms with Crippen LogP contribution in [0.4, 0.5) is 0 Å². The molecule has 1 fully saturated rings. The van der Waals surface area contributed by atoms with Crippen molar-refractivity contribution in [3.63, 3.8) is 0 Å². The Hall–Kier alpha value is -2.80. The van der Waals surface area contributed by atoms with Crippen molar-refractivity contribution in [2.75, 3.05) is 20.1 Å². The molecule has 0 bridgehead atoms. The van der Waals surface area contributed by atoms with E-state index in [-0.39, 0.29) is 23.8 Å². The molecule has 1 aromatic carbocycles. The number of rotatable bonds is 4. The van der Waals surface area contributed by atoms with Crippen LogP contribution in [0.5, 0.6) is 0 Å². The van der Waals surface area contributed by atoms with E-state index in [1.165, 1.54) is 0 Å². The lowest BCUT2D eigenvalue weighted by Gasteiger charge is -2.34. The molecule has 1 aliphatic rings. The maximum absolute atomic E-state index is 13.1. The molecule has 2 amide bonds. The lowest BCUT2D eigenvalue weighted by molar-refractivity contribution is -0.137. The molecule has 0 unspecified atom stereocenters. The zero-order valence-electron chi connectivity index (χ0n) is 16.6. The summed E-state index contributed by atoms with van der Waals surface area (Å²) in [6, 6.07) is 11.5. The van der Waals surface area contributed by atoms with Gasteiger partial charge in [0, 0.05) is 38.4 Å². The van der Waals surface area contributed by atoms with Gasteiger partial charge in [0.05, 0.1) is 21.8 Å². The first-order valence-corrected chi connectivity index (χ1v) is 10.7. The number of pyridine rings is 1. The van der Waals surface area contributed by atoms with Crippen molar-refractivity contribution in [2.45, 2.75) is 25.8 Å². The number of hydrogen-bond donors (Lipinski definition) is 0. The second kappa shape index (κ2) is 8.29. The predicted molar refractivity (Wildman–Crippen MR) is 114 cm³/mol. The quantitative estimate of drug-likeness (QED) is 0.659. The zero-order valence-corrected chi connectivity index (χ0v) is 17.4. The predicted octanol–water partition coefficient (Wildman–Crippen LogP) is 3.76. The maximum atomic E-state index is 13.1. The summed E-state index contributed by atoms with van der Waals surface area (Å²) in [7, 11) is 1.85. The summed E-state index contributed by atoms with van der Waals surface area (Å²) in [6.45, 7) is 3.21. The SMILES string of the molecule is C[C@H](c1nc2ccccc2s1)N(C)C(=O)C1CCN(C(=O)c2cccnc2)CC1. The number of piperidine rings is 1. The summed E-state index contributed by atoms with van der Waals surface area (Å²) in [5.74, 6) is 0.0557. The second-order valence-electron chi connectivity index (χ2n) is 7.45. The van der Waals surface area contributed by atoms with Gasteiger partial charge in [-0.1, -0.05) is 12.1 Å². The highest BCUT2D eigenvalue weighted by atomic mass is 32.1. The van der Waals surface area contributed by atoms with E-state index in [1.807, 2.05) is 37.1 Å². The average molecular weight is 409 g/mol. The van der Waals surface area contributed by atoms with Gasteiger partial charge in [-0.25, -0.2) is 4.98 Å². The van der Waals surface area contributed by atoms with Crippen molar-refractivity contribution in [3.8, 4) is 0 Å². The first-order valence-electron chi connectivity index (χ1n) is 9.86. The van der Waals surface area contributed by atoms with E-state index in [1.54, 1.807) is 40.8 Å². The van der Waals surface area contributed by atoms with E-state index in [2.05, 4.69) is 11.1 Å². The van der Waals surface area contributed by atoms with Gasteiger partial charge >= 0.3 is 0 Å². The van der Waals surface area contributed by atoms with E-state index >= 15 is 0 Å². The smallest absolute Gasteiger partial charge is 0.255 e. The van der Waals surface area contributed by atoms with Crippen molar-refractivity contribution in [1.29, 1.82) is 0 Å². The number of carbonyl (C=O) groups is 2. The zero-order chi connectivity index (χ0) is 20.4. The van der Waals surface area contributed by atoms with Crippen LogP contribution in [0, 0.1) is 5.92 Å². The van der Waals surface area contributed by atoms with Crippen molar-refractivity contribution >= 4 is 33.4 Å². The Balaban J connectivity index is 1.38. The summed E-state index contributed by atoms with van der Waals surface area (Å²) in [5, 5.41) is 0.950. The van der Waals surface area contributed by atoms with Crippen LogP contribution in [0.25, 0.3) is 10.2 Å². The van der Waals surface area contributed by atoms with Gasteiger partial charge in [0.1, 0.15) is 5.01 Å². The Morgan fingerprint density at radius 1 is 1.17 bits per heavy atom. The van der Waals surface area contributed by atoms with E-state index in [0.29, 0.717) is 31.5 Å². The Morgan fingerprint density at radius 3 is 2.62 bits per heavy atom. The van der Waals surface area contributed by atoms with Crippen molar-refractivity contribution in [1.82, 2.24) is 19.8 Å². The standard InChI is InChI=1S/C22H24N4O2S/c1-15(20-24-18-7-3-4-8-19(18)29-20)25(2)21(27)16-9-12-26(13-10-16)22(28)17-6-5-11-23-14-17/h3-8,11,14-16H,9-10,12-13H2,1-2H3/t15-/m1/s1. The lowest BCUT2D eigenvalue weighted by atomic mass is 9.94. The normalized spacial score (nSPS) is 16.0. The molecular weight excluding hydrogens is 384 g/mol. The van der Waals surface area contributed by atoms with E-state index in [9.17, 15) is 9.59 Å². The molecule has 0 saturated carbocycles. The van der Waals surface area contributed by atoms with Gasteiger partial charge in [0.15, 0.2) is 0 Å². The molecule has 3 aromatic rings. The highest BCUT2D eigenvalue weighted by Crippen LogP contribution is 2.30. The van der Waals surface area contributed by atoms with Crippen LogP contribution in [-0.4, -0.2) is 51.7 Å². The summed E-state index contributed by atoms with van der Waals surface area (Å²) < 4.78 is 1.14. The molecule has 1 aliphatic heterocycles. The number of para-hydroxylation sites is 1. The number of thiazole rings is 1. The highest BCUT2D eigenvalue weighted by Gasteiger charge is 2.31. The number of aromatic nitrogens is 2. The molecule has 6 nitrogen and oxygen atoms in total. The number of hydrogen-bond acceptors (Lipinski definition) is 5. The van der Waals surface area contributed by atoms with Gasteiger partial charge in [-0.15, -0.1) is 11.3 Å². The first-order chi connectivity index (χ1) is 14.0. The summed E-state index contributed by atoms with van der Waals surface area (Å²) in [6.07, 6.45) is 4.61. The summed E-state index contributed by atoms with van der Waals surface area (Å²) in [4.78, 5) is 38.0. The fraction of sp³-hybridized carbons (Fsp3) is 0.364. The molecule has 0 N–H and O–H groups in total. The number of fused-ring (bicyclic) bond motifs is 1. The van der Waals surface area contributed by atoms with Crippen LogP contribution >= 0.6 is 11.3 Å². The van der Waals surface area contributed by atoms with Crippen LogP contribution in [0.2, 0.25) is 0 Å². The number of amides is 2. The molecule has 2 aromatic heterocycles. The van der Waals surface area contributed by atoms with E-state index in [4.69, 9.17) is 4.98 Å². The third-order valence-corrected chi connectivity index (χ3v) is 6.84. The van der Waals surface area contributed by atoms with Crippen LogP contribution < -0.4 is 0 Å². The van der Waals surface area contributed by atoms with E-state index in [0.717, 1.165) is 15.2 Å². The number of benzene rings is 1. The fourth-order valence-electron chi connectivity index (χ4n) is 3.71. The maximum Gasteiger partial charge on any atom is 0.255 e. The van der Waals surface area contributed by atoms with Gasteiger partial charge in [-0.2, -0.15) is 0 Å².